The Morgan fingerprint density at radius 3 is 2.57 bits per heavy atom. The van der Waals surface area contributed by atoms with E-state index < -0.39 is 10.0 Å². The molecule has 6 heteroatoms. The number of aryl methyl sites for hydroxylation is 1. The van der Waals surface area contributed by atoms with E-state index in [0.29, 0.717) is 6.54 Å². The molecule has 0 amide bonds. The van der Waals surface area contributed by atoms with Crippen LogP contribution in [0.1, 0.15) is 12.0 Å². The third kappa shape index (κ3) is 4.03. The Labute approximate surface area is 130 Å². The lowest BCUT2D eigenvalue weighted by Crippen LogP contribution is -2.28. The molecule has 1 aromatic carbocycles. The lowest BCUT2D eigenvalue weighted by molar-refractivity contribution is 0.461. The van der Waals surface area contributed by atoms with Crippen molar-refractivity contribution < 1.29 is 8.42 Å². The van der Waals surface area contributed by atoms with Gasteiger partial charge in [-0.15, -0.1) is 0 Å². The van der Waals surface area contributed by atoms with Crippen molar-refractivity contribution in [3.63, 3.8) is 0 Å². The van der Waals surface area contributed by atoms with Crippen molar-refractivity contribution in [1.82, 2.24) is 9.29 Å². The van der Waals surface area contributed by atoms with Crippen LogP contribution in [0.3, 0.4) is 0 Å². The average molecular weight is 325 g/mol. The Morgan fingerprint density at radius 2 is 1.90 bits per heavy atom. The molecule has 0 fully saturated rings. The summed E-state index contributed by atoms with van der Waals surface area (Å²) in [4.78, 5) is 3.88. The third-order valence-electron chi connectivity index (χ3n) is 3.20. The van der Waals surface area contributed by atoms with Gasteiger partial charge in [-0.3, -0.25) is 4.98 Å². The highest BCUT2D eigenvalue weighted by Crippen LogP contribution is 2.22. The second-order valence-electron chi connectivity index (χ2n) is 4.72. The average Bonchev–Trinajstić information content (AvgIpc) is 2.48. The molecule has 0 aliphatic heterocycles. The van der Waals surface area contributed by atoms with Gasteiger partial charge in [-0.1, -0.05) is 41.9 Å². The van der Waals surface area contributed by atoms with Gasteiger partial charge in [0.1, 0.15) is 4.90 Å². The third-order valence-corrected chi connectivity index (χ3v) is 5.53. The summed E-state index contributed by atoms with van der Waals surface area (Å²) in [6.07, 6.45) is 4.33. The van der Waals surface area contributed by atoms with Gasteiger partial charge in [-0.25, -0.2) is 12.7 Å². The van der Waals surface area contributed by atoms with Crippen molar-refractivity contribution in [2.45, 2.75) is 17.7 Å². The van der Waals surface area contributed by atoms with E-state index in [4.69, 9.17) is 11.6 Å². The van der Waals surface area contributed by atoms with Crippen molar-refractivity contribution in [3.8, 4) is 0 Å². The van der Waals surface area contributed by atoms with Gasteiger partial charge < -0.3 is 0 Å². The largest absolute Gasteiger partial charge is 0.263 e. The molecule has 1 aromatic heterocycles. The molecule has 1 heterocycles. The van der Waals surface area contributed by atoms with Crippen LogP contribution in [0.2, 0.25) is 5.02 Å². The molecule has 21 heavy (non-hydrogen) atoms. The van der Waals surface area contributed by atoms with Crippen LogP contribution in [0.5, 0.6) is 0 Å². The molecular weight excluding hydrogens is 308 g/mol. The van der Waals surface area contributed by atoms with Crippen LogP contribution in [0, 0.1) is 0 Å². The number of halogens is 1. The fraction of sp³-hybridized carbons (Fsp3) is 0.267. The second-order valence-corrected chi connectivity index (χ2v) is 7.14. The van der Waals surface area contributed by atoms with Gasteiger partial charge >= 0.3 is 0 Å². The van der Waals surface area contributed by atoms with E-state index in [1.54, 1.807) is 7.05 Å². The fourth-order valence-electron chi connectivity index (χ4n) is 1.99. The van der Waals surface area contributed by atoms with Crippen LogP contribution in [-0.4, -0.2) is 31.3 Å². The lowest BCUT2D eigenvalue weighted by Gasteiger charge is -2.17. The Kier molecular flexibility index (Phi) is 5.33. The maximum atomic E-state index is 12.4. The van der Waals surface area contributed by atoms with Crippen molar-refractivity contribution in [2.75, 3.05) is 13.6 Å². The molecular formula is C15H17ClN2O2S. The number of pyridine rings is 1. The van der Waals surface area contributed by atoms with Crippen molar-refractivity contribution in [1.29, 1.82) is 0 Å². The fourth-order valence-corrected chi connectivity index (χ4v) is 3.60. The molecule has 0 atom stereocenters. The normalized spacial score (nSPS) is 11.8. The zero-order valence-electron chi connectivity index (χ0n) is 11.7. The number of aromatic nitrogens is 1. The Balaban J connectivity index is 2.00. The zero-order valence-corrected chi connectivity index (χ0v) is 13.3. The molecule has 0 aliphatic carbocycles. The number of hydrogen-bond acceptors (Lipinski definition) is 3. The molecule has 2 aromatic rings. The van der Waals surface area contributed by atoms with Crippen LogP contribution >= 0.6 is 11.6 Å². The van der Waals surface area contributed by atoms with E-state index in [9.17, 15) is 8.42 Å². The molecule has 0 N–H and O–H groups in total. The second kappa shape index (κ2) is 7.02. The summed E-state index contributed by atoms with van der Waals surface area (Å²) in [5.41, 5.74) is 1.20. The van der Waals surface area contributed by atoms with E-state index in [0.717, 1.165) is 12.8 Å². The van der Waals surface area contributed by atoms with Gasteiger partial charge in [0.15, 0.2) is 0 Å². The minimum absolute atomic E-state index is 0.0499. The minimum Gasteiger partial charge on any atom is -0.263 e. The monoisotopic (exact) mass is 324 g/mol. The zero-order chi connectivity index (χ0) is 15.3. The summed E-state index contributed by atoms with van der Waals surface area (Å²) in [7, 11) is -2.03. The van der Waals surface area contributed by atoms with E-state index in [2.05, 4.69) is 4.98 Å². The van der Waals surface area contributed by atoms with Crippen LogP contribution in [0.25, 0.3) is 0 Å². The lowest BCUT2D eigenvalue weighted by atomic mass is 10.1. The SMILES string of the molecule is CN(CCCc1ccccc1)S(=O)(=O)c1cnccc1Cl. The quantitative estimate of drug-likeness (QED) is 0.820. The smallest absolute Gasteiger partial charge is 0.245 e. The number of sulfonamides is 1. The molecule has 0 unspecified atom stereocenters. The number of nitrogens with zero attached hydrogens (tertiary/aromatic N) is 2. The molecule has 0 aliphatic rings. The Morgan fingerprint density at radius 1 is 1.19 bits per heavy atom. The van der Waals surface area contributed by atoms with Crippen molar-refractivity contribution in [2.24, 2.45) is 0 Å². The van der Waals surface area contributed by atoms with Gasteiger partial charge in [0.25, 0.3) is 0 Å². The van der Waals surface area contributed by atoms with Crippen LogP contribution < -0.4 is 0 Å². The first-order chi connectivity index (χ1) is 10.0. The predicted octanol–water partition coefficient (Wildman–Crippen LogP) is 2.99. The molecule has 0 spiro atoms. The van der Waals surface area contributed by atoms with Gasteiger partial charge in [0, 0.05) is 26.0 Å². The highest BCUT2D eigenvalue weighted by atomic mass is 35.5. The highest BCUT2D eigenvalue weighted by Gasteiger charge is 2.23. The first-order valence-corrected chi connectivity index (χ1v) is 8.43. The van der Waals surface area contributed by atoms with E-state index in [-0.39, 0.29) is 9.92 Å². The molecule has 112 valence electrons. The maximum Gasteiger partial charge on any atom is 0.245 e. The Bertz CT molecular complexity index is 690. The topological polar surface area (TPSA) is 50.3 Å². The van der Waals surface area contributed by atoms with Crippen molar-refractivity contribution in [3.05, 3.63) is 59.4 Å². The molecule has 0 radical (unpaired) electrons. The molecule has 0 saturated heterocycles. The summed E-state index contributed by atoms with van der Waals surface area (Å²) >= 11 is 5.94. The van der Waals surface area contributed by atoms with Gasteiger partial charge in [0.05, 0.1) is 5.02 Å². The first kappa shape index (κ1) is 15.9. The highest BCUT2D eigenvalue weighted by molar-refractivity contribution is 7.89. The molecule has 0 saturated carbocycles. The number of rotatable bonds is 6. The van der Waals surface area contributed by atoms with E-state index in [1.807, 2.05) is 30.3 Å². The standard InChI is InChI=1S/C15H17ClN2O2S/c1-18(11-5-8-13-6-3-2-4-7-13)21(19,20)15-12-17-10-9-14(15)16/h2-4,6-7,9-10,12H,5,8,11H2,1H3. The minimum atomic E-state index is -3.59. The molecule has 4 nitrogen and oxygen atoms in total. The van der Waals surface area contributed by atoms with Crippen LogP contribution in [0.15, 0.2) is 53.7 Å². The molecule has 0 bridgehead atoms. The summed E-state index contributed by atoms with van der Waals surface area (Å²) in [5.74, 6) is 0. The predicted molar refractivity (Wildman–Crippen MR) is 83.8 cm³/mol. The van der Waals surface area contributed by atoms with Gasteiger partial charge in [-0.2, -0.15) is 0 Å². The first-order valence-electron chi connectivity index (χ1n) is 6.61. The summed E-state index contributed by atoms with van der Waals surface area (Å²) in [5, 5.41) is 0.194. The van der Waals surface area contributed by atoms with E-state index >= 15 is 0 Å². The maximum absolute atomic E-state index is 12.4. The van der Waals surface area contributed by atoms with Crippen molar-refractivity contribution >= 4 is 21.6 Å². The van der Waals surface area contributed by atoms with Crippen LogP contribution in [0.4, 0.5) is 0 Å². The Hall–Kier alpha value is -1.43. The summed E-state index contributed by atoms with van der Waals surface area (Å²) < 4.78 is 26.1. The summed E-state index contributed by atoms with van der Waals surface area (Å²) in [6, 6.07) is 11.5. The molecule has 2 rings (SSSR count). The number of benzene rings is 1. The van der Waals surface area contributed by atoms with Gasteiger partial charge in [0.2, 0.25) is 10.0 Å². The summed E-state index contributed by atoms with van der Waals surface area (Å²) in [6.45, 7) is 0.433. The van der Waals surface area contributed by atoms with Gasteiger partial charge in [-0.05, 0) is 24.5 Å². The number of hydrogen-bond donors (Lipinski definition) is 0. The van der Waals surface area contributed by atoms with Crippen LogP contribution in [-0.2, 0) is 16.4 Å². The van der Waals surface area contributed by atoms with E-state index in [1.165, 1.54) is 28.3 Å².